The van der Waals surface area contributed by atoms with Crippen molar-refractivity contribution in [2.75, 3.05) is 15.5 Å². The van der Waals surface area contributed by atoms with Crippen LogP contribution in [-0.4, -0.2) is 20.7 Å². The maximum absolute atomic E-state index is 13.4. The van der Waals surface area contributed by atoms with Crippen molar-refractivity contribution >= 4 is 39.2 Å². The Morgan fingerprint density at radius 3 is 2.36 bits per heavy atom. The maximum atomic E-state index is 13.4. The molecule has 1 aliphatic rings. The van der Waals surface area contributed by atoms with E-state index in [2.05, 4.69) is 0 Å². The molecule has 0 aliphatic carbocycles. The van der Waals surface area contributed by atoms with E-state index in [1.165, 1.54) is 16.7 Å². The van der Waals surface area contributed by atoms with Crippen LogP contribution in [0.5, 0.6) is 0 Å². The van der Waals surface area contributed by atoms with E-state index in [9.17, 15) is 13.2 Å². The lowest BCUT2D eigenvalue weighted by Crippen LogP contribution is -2.50. The molecule has 2 amide bonds. The minimum Gasteiger partial charge on any atom is -0.287 e. The number of amides is 2. The summed E-state index contributed by atoms with van der Waals surface area (Å²) in [6, 6.07) is 22.6. The average Bonchev–Trinajstić information content (AvgIpc) is 2.72. The van der Waals surface area contributed by atoms with Gasteiger partial charge in [0.2, 0.25) is 0 Å². The SMILES string of the molecule is CSc1cccc(N2C(=O)N(Cc3ccccc3)c3ccccc3S2(=O)=O)c1. The van der Waals surface area contributed by atoms with Crippen molar-refractivity contribution in [2.24, 2.45) is 0 Å². The number of carbonyl (C=O) groups is 1. The molecule has 0 N–H and O–H groups in total. The Balaban J connectivity index is 1.87. The fraction of sp³-hybridized carbons (Fsp3) is 0.0952. The molecule has 3 aromatic carbocycles. The van der Waals surface area contributed by atoms with Gasteiger partial charge in [0.05, 0.1) is 17.9 Å². The summed E-state index contributed by atoms with van der Waals surface area (Å²) in [6.07, 6.45) is 1.91. The molecule has 0 saturated heterocycles. The number of para-hydroxylation sites is 1. The first kappa shape index (κ1) is 18.6. The first-order chi connectivity index (χ1) is 13.5. The Bertz CT molecular complexity index is 1130. The molecule has 1 aliphatic heterocycles. The van der Waals surface area contributed by atoms with Crippen LogP contribution < -0.4 is 9.21 Å². The normalized spacial score (nSPS) is 15.4. The van der Waals surface area contributed by atoms with Crippen LogP contribution in [-0.2, 0) is 16.6 Å². The lowest BCUT2D eigenvalue weighted by atomic mass is 10.2. The fourth-order valence-corrected chi connectivity index (χ4v) is 5.26. The van der Waals surface area contributed by atoms with E-state index in [0.29, 0.717) is 11.4 Å². The van der Waals surface area contributed by atoms with Crippen molar-refractivity contribution in [2.45, 2.75) is 16.3 Å². The largest absolute Gasteiger partial charge is 0.343 e. The smallest absolute Gasteiger partial charge is 0.287 e. The van der Waals surface area contributed by atoms with Gasteiger partial charge in [-0.3, -0.25) is 4.90 Å². The predicted molar refractivity (Wildman–Crippen MR) is 112 cm³/mol. The lowest BCUT2D eigenvalue weighted by molar-refractivity contribution is 0.253. The zero-order valence-corrected chi connectivity index (χ0v) is 16.8. The monoisotopic (exact) mass is 410 g/mol. The average molecular weight is 411 g/mol. The van der Waals surface area contributed by atoms with Crippen molar-refractivity contribution in [3.05, 3.63) is 84.4 Å². The molecule has 0 bridgehead atoms. The van der Waals surface area contributed by atoms with E-state index < -0.39 is 16.1 Å². The highest BCUT2D eigenvalue weighted by molar-refractivity contribution is 7.98. The number of hydrogen-bond donors (Lipinski definition) is 0. The van der Waals surface area contributed by atoms with Crippen LogP contribution in [0.2, 0.25) is 0 Å². The van der Waals surface area contributed by atoms with Gasteiger partial charge in [-0.2, -0.15) is 4.31 Å². The van der Waals surface area contributed by atoms with Gasteiger partial charge in [0.15, 0.2) is 0 Å². The summed E-state index contributed by atoms with van der Waals surface area (Å²) in [5.74, 6) is 0. The van der Waals surface area contributed by atoms with Crippen LogP contribution in [0.1, 0.15) is 5.56 Å². The van der Waals surface area contributed by atoms with Gasteiger partial charge < -0.3 is 0 Å². The topological polar surface area (TPSA) is 57.7 Å². The number of nitrogens with zero attached hydrogens (tertiary/aromatic N) is 2. The lowest BCUT2D eigenvalue weighted by Gasteiger charge is -2.36. The van der Waals surface area contributed by atoms with Crippen molar-refractivity contribution in [1.29, 1.82) is 0 Å². The third kappa shape index (κ3) is 3.16. The number of fused-ring (bicyclic) bond motifs is 1. The molecule has 7 heteroatoms. The number of benzene rings is 3. The number of thioether (sulfide) groups is 1. The van der Waals surface area contributed by atoms with Crippen LogP contribution >= 0.6 is 11.8 Å². The highest BCUT2D eigenvalue weighted by atomic mass is 32.2. The quantitative estimate of drug-likeness (QED) is 0.583. The van der Waals surface area contributed by atoms with Gasteiger partial charge in [0, 0.05) is 4.90 Å². The Morgan fingerprint density at radius 2 is 1.61 bits per heavy atom. The Kier molecular flexibility index (Phi) is 4.87. The van der Waals surface area contributed by atoms with Crippen LogP contribution in [0.3, 0.4) is 0 Å². The number of urea groups is 1. The second-order valence-electron chi connectivity index (χ2n) is 6.29. The summed E-state index contributed by atoms with van der Waals surface area (Å²) in [5, 5.41) is 0. The van der Waals surface area contributed by atoms with Gasteiger partial charge >= 0.3 is 6.03 Å². The molecule has 0 unspecified atom stereocenters. The van der Waals surface area contributed by atoms with Gasteiger partial charge in [0.25, 0.3) is 10.0 Å². The highest BCUT2D eigenvalue weighted by Gasteiger charge is 2.42. The first-order valence-corrected chi connectivity index (χ1v) is 11.3. The van der Waals surface area contributed by atoms with Crippen LogP contribution in [0.4, 0.5) is 16.2 Å². The molecular formula is C21H18N2O3S2. The zero-order valence-electron chi connectivity index (χ0n) is 15.1. The molecule has 0 fully saturated rings. The predicted octanol–water partition coefficient (Wildman–Crippen LogP) is 4.74. The minimum absolute atomic E-state index is 0.125. The standard InChI is InChI=1S/C21H18N2O3S2/c1-27-18-11-7-10-17(14-18)23-21(24)22(15-16-8-3-2-4-9-16)19-12-5-6-13-20(19)28(23,25)26/h2-14H,15H2,1H3. The van der Waals surface area contributed by atoms with Crippen molar-refractivity contribution in [3.63, 3.8) is 0 Å². The minimum atomic E-state index is -4.00. The number of carbonyl (C=O) groups excluding carboxylic acids is 1. The molecule has 4 rings (SSSR count). The van der Waals surface area contributed by atoms with Gasteiger partial charge in [-0.05, 0) is 42.2 Å². The van der Waals surface area contributed by atoms with Crippen LogP contribution in [0.15, 0.2) is 88.7 Å². The highest BCUT2D eigenvalue weighted by Crippen LogP contribution is 2.38. The zero-order chi connectivity index (χ0) is 19.7. The third-order valence-corrected chi connectivity index (χ3v) is 7.02. The molecule has 0 aromatic heterocycles. The Hall–Kier alpha value is -2.77. The van der Waals surface area contributed by atoms with E-state index in [1.54, 1.807) is 42.5 Å². The van der Waals surface area contributed by atoms with Crippen molar-refractivity contribution in [1.82, 2.24) is 0 Å². The van der Waals surface area contributed by atoms with Crippen LogP contribution in [0, 0.1) is 0 Å². The summed E-state index contributed by atoms with van der Waals surface area (Å²) >= 11 is 1.49. The number of sulfonamides is 1. The fourth-order valence-electron chi connectivity index (χ4n) is 3.22. The Morgan fingerprint density at radius 1 is 0.893 bits per heavy atom. The maximum Gasteiger partial charge on any atom is 0.343 e. The number of anilines is 2. The first-order valence-electron chi connectivity index (χ1n) is 8.66. The molecule has 0 saturated carbocycles. The molecule has 0 radical (unpaired) electrons. The molecule has 0 atom stereocenters. The molecule has 5 nitrogen and oxygen atoms in total. The molecule has 1 heterocycles. The summed E-state index contributed by atoms with van der Waals surface area (Å²) in [6.45, 7) is 0.283. The second kappa shape index (κ2) is 7.33. The summed E-state index contributed by atoms with van der Waals surface area (Å²) in [7, 11) is -4.00. The summed E-state index contributed by atoms with van der Waals surface area (Å²) < 4.78 is 27.5. The Labute approximate surface area is 168 Å². The molecule has 142 valence electrons. The van der Waals surface area contributed by atoms with Gasteiger partial charge in [-0.1, -0.05) is 48.5 Å². The van der Waals surface area contributed by atoms with Crippen LogP contribution in [0.25, 0.3) is 0 Å². The van der Waals surface area contributed by atoms with Gasteiger partial charge in [-0.25, -0.2) is 13.2 Å². The summed E-state index contributed by atoms with van der Waals surface area (Å²) in [4.78, 5) is 15.9. The molecular weight excluding hydrogens is 392 g/mol. The van der Waals surface area contributed by atoms with E-state index in [1.807, 2.05) is 42.7 Å². The third-order valence-electron chi connectivity index (χ3n) is 4.55. The van der Waals surface area contributed by atoms with E-state index >= 15 is 0 Å². The van der Waals surface area contributed by atoms with E-state index in [-0.39, 0.29) is 11.4 Å². The molecule has 28 heavy (non-hydrogen) atoms. The second-order valence-corrected chi connectivity index (χ2v) is 8.93. The van der Waals surface area contributed by atoms with Crippen molar-refractivity contribution in [3.8, 4) is 0 Å². The van der Waals surface area contributed by atoms with Gasteiger partial charge in [0.1, 0.15) is 4.90 Å². The van der Waals surface area contributed by atoms with E-state index in [0.717, 1.165) is 14.8 Å². The summed E-state index contributed by atoms with van der Waals surface area (Å²) in [5.41, 5.74) is 1.65. The van der Waals surface area contributed by atoms with Gasteiger partial charge in [-0.15, -0.1) is 11.8 Å². The number of hydrogen-bond acceptors (Lipinski definition) is 4. The molecule has 3 aromatic rings. The van der Waals surface area contributed by atoms with Crippen molar-refractivity contribution < 1.29 is 13.2 Å². The number of rotatable bonds is 4. The van der Waals surface area contributed by atoms with E-state index in [4.69, 9.17) is 0 Å². The molecule has 0 spiro atoms.